The van der Waals surface area contributed by atoms with E-state index in [2.05, 4.69) is 9.80 Å². The van der Waals surface area contributed by atoms with E-state index < -0.39 is 33.5 Å². The molecule has 1 unspecified atom stereocenters. The van der Waals surface area contributed by atoms with Crippen LogP contribution >= 0.6 is 11.8 Å². The molecular weight excluding hydrogens is 680 g/mol. The number of likely N-dealkylation sites (tertiary alicyclic amines) is 1. The molecule has 2 saturated heterocycles. The minimum absolute atomic E-state index is 0.0460. The number of ether oxygens (including phenoxy) is 1. The van der Waals surface area contributed by atoms with E-state index in [4.69, 9.17) is 9.84 Å². The summed E-state index contributed by atoms with van der Waals surface area (Å²) < 4.78 is 75.8. The van der Waals surface area contributed by atoms with E-state index >= 15 is 0 Å². The highest BCUT2D eigenvalue weighted by Crippen LogP contribution is 2.40. The van der Waals surface area contributed by atoms with Crippen LogP contribution in [0.4, 0.5) is 13.2 Å². The van der Waals surface area contributed by atoms with Crippen LogP contribution in [0.1, 0.15) is 35.2 Å². The van der Waals surface area contributed by atoms with E-state index in [1.54, 1.807) is 4.68 Å². The third kappa shape index (κ3) is 8.70. The molecule has 6 rings (SSSR count). The lowest BCUT2D eigenvalue weighted by Gasteiger charge is -2.39. The molecule has 3 aromatic rings. The second kappa shape index (κ2) is 15.0. The van der Waals surface area contributed by atoms with Gasteiger partial charge in [-0.1, -0.05) is 36.4 Å². The summed E-state index contributed by atoms with van der Waals surface area (Å²) in [6.07, 6.45) is -2.78. The van der Waals surface area contributed by atoms with Gasteiger partial charge in [0, 0.05) is 86.2 Å². The number of benzene rings is 2. The van der Waals surface area contributed by atoms with Gasteiger partial charge in [0.25, 0.3) is 0 Å². The second-order valence-corrected chi connectivity index (χ2v) is 16.3. The number of β-amino-alcohol motifs (C(OH)–C–C–N with tert-alkyl or cyclic N) is 1. The minimum atomic E-state index is -4.54. The van der Waals surface area contributed by atoms with Crippen molar-refractivity contribution in [2.24, 2.45) is 0 Å². The molecule has 1 aromatic heterocycles. The Morgan fingerprint density at radius 1 is 1.00 bits per heavy atom. The molecule has 10 nitrogen and oxygen atoms in total. The number of rotatable bonds is 11. The Bertz CT molecular complexity index is 1690. The summed E-state index contributed by atoms with van der Waals surface area (Å²) in [5.74, 6) is 0.465. The molecule has 0 radical (unpaired) electrons. The third-order valence-electron chi connectivity index (χ3n) is 9.74. The number of aliphatic hydroxyl groups excluding tert-OH is 1. The monoisotopic (exact) mass is 723 g/mol. The Morgan fingerprint density at radius 2 is 1.71 bits per heavy atom. The number of alkyl halides is 3. The summed E-state index contributed by atoms with van der Waals surface area (Å²) in [5.41, 5.74) is 1.56. The zero-order valence-electron chi connectivity index (χ0n) is 27.6. The molecule has 49 heavy (non-hydrogen) atoms. The highest BCUT2D eigenvalue weighted by molar-refractivity contribution is 7.99. The first-order valence-electron chi connectivity index (χ1n) is 16.7. The fourth-order valence-electron chi connectivity index (χ4n) is 6.96. The number of fused-ring (bicyclic) bond motifs is 1. The van der Waals surface area contributed by atoms with Crippen LogP contribution in [0.15, 0.2) is 53.4 Å². The number of aliphatic hydroxyl groups is 2. The van der Waals surface area contributed by atoms with Crippen molar-refractivity contribution in [3.05, 3.63) is 70.9 Å². The number of piperidine rings is 1. The van der Waals surface area contributed by atoms with Crippen LogP contribution < -0.4 is 0 Å². The number of hydrogen-bond acceptors (Lipinski definition) is 9. The predicted molar refractivity (Wildman–Crippen MR) is 182 cm³/mol. The molecule has 3 aliphatic heterocycles. The van der Waals surface area contributed by atoms with E-state index in [1.165, 1.54) is 16.4 Å². The van der Waals surface area contributed by atoms with Gasteiger partial charge in [-0.05, 0) is 30.5 Å². The largest absolute Gasteiger partial charge is 0.417 e. The molecule has 1 atom stereocenters. The van der Waals surface area contributed by atoms with Gasteiger partial charge >= 0.3 is 6.18 Å². The van der Waals surface area contributed by atoms with Gasteiger partial charge in [0.2, 0.25) is 10.0 Å². The Morgan fingerprint density at radius 3 is 2.39 bits per heavy atom. The molecule has 15 heteroatoms. The minimum Gasteiger partial charge on any atom is -0.390 e. The van der Waals surface area contributed by atoms with Crippen molar-refractivity contribution >= 4 is 21.8 Å². The molecule has 4 heterocycles. The Labute approximate surface area is 289 Å². The lowest BCUT2D eigenvalue weighted by atomic mass is 9.84. The molecule has 0 saturated carbocycles. The Hall–Kier alpha value is -2.50. The molecule has 2 aromatic carbocycles. The standard InChI is InChI=1S/C34H44F3N5O5S2/c1-49(45,46)41-12-9-30-28(24-41)32(25-7-8-29(34(35,36)37)31(21-25)48-20-17-39-15-18-47-19-16-39)38-42(30)23-27(43)22-40-13-10-33(44,11-14-40)26-5-3-2-4-6-26/h2-8,21,27,43-44H,9-20,22-24H2,1H3. The summed E-state index contributed by atoms with van der Waals surface area (Å²) in [7, 11) is -3.53. The maximum atomic E-state index is 14.1. The van der Waals surface area contributed by atoms with Gasteiger partial charge in [0.15, 0.2) is 0 Å². The van der Waals surface area contributed by atoms with Crippen molar-refractivity contribution in [2.45, 2.75) is 55.1 Å². The predicted octanol–water partition coefficient (Wildman–Crippen LogP) is 3.66. The normalized spacial score (nSPS) is 20.3. The fourth-order valence-corrected chi connectivity index (χ4v) is 8.87. The average Bonchev–Trinajstić information content (AvgIpc) is 3.43. The maximum absolute atomic E-state index is 14.1. The zero-order valence-corrected chi connectivity index (χ0v) is 29.2. The Balaban J connectivity index is 1.22. The molecule has 0 amide bonds. The average molecular weight is 724 g/mol. The molecule has 3 aliphatic rings. The van der Waals surface area contributed by atoms with Crippen LogP contribution in [0.25, 0.3) is 11.3 Å². The molecule has 268 valence electrons. The van der Waals surface area contributed by atoms with Crippen LogP contribution in [0.3, 0.4) is 0 Å². The first-order valence-corrected chi connectivity index (χ1v) is 19.5. The highest BCUT2D eigenvalue weighted by atomic mass is 32.2. The van der Waals surface area contributed by atoms with Crippen LogP contribution in [0, 0.1) is 0 Å². The smallest absolute Gasteiger partial charge is 0.390 e. The first-order chi connectivity index (χ1) is 23.3. The topological polar surface area (TPSA) is 111 Å². The maximum Gasteiger partial charge on any atom is 0.417 e. The number of thioether (sulfide) groups is 1. The first kappa shape index (κ1) is 36.3. The number of morpholine rings is 1. The summed E-state index contributed by atoms with van der Waals surface area (Å²) in [4.78, 5) is 4.38. The number of aromatic nitrogens is 2. The zero-order chi connectivity index (χ0) is 34.8. The summed E-state index contributed by atoms with van der Waals surface area (Å²) in [5, 5.41) is 27.3. The third-order valence-corrected chi connectivity index (χ3v) is 12.0. The number of nitrogens with zero attached hydrogens (tertiary/aromatic N) is 5. The van der Waals surface area contributed by atoms with Gasteiger partial charge in [-0.2, -0.15) is 22.6 Å². The van der Waals surface area contributed by atoms with Gasteiger partial charge < -0.3 is 19.8 Å². The summed E-state index contributed by atoms with van der Waals surface area (Å²) in [6, 6.07) is 13.6. The summed E-state index contributed by atoms with van der Waals surface area (Å²) in [6.45, 7) is 5.32. The Kier molecular flexibility index (Phi) is 11.1. The van der Waals surface area contributed by atoms with Crippen molar-refractivity contribution < 1.29 is 36.5 Å². The molecule has 2 fully saturated rings. The van der Waals surface area contributed by atoms with Crippen LogP contribution in [-0.2, 0) is 46.0 Å². The van der Waals surface area contributed by atoms with Crippen LogP contribution in [-0.4, -0.2) is 120 Å². The molecule has 2 N–H and O–H groups in total. The van der Waals surface area contributed by atoms with Crippen molar-refractivity contribution in [3.8, 4) is 11.3 Å². The SMILES string of the molecule is CS(=O)(=O)N1CCc2c(c(-c3ccc(C(F)(F)F)c(SCCN4CCOCC4)c3)nn2CC(O)CN2CCC(O)(c3ccccc3)CC2)C1. The quantitative estimate of drug-likeness (QED) is 0.287. The van der Waals surface area contributed by atoms with Gasteiger partial charge in [-0.3, -0.25) is 9.58 Å². The molecule has 0 bridgehead atoms. The van der Waals surface area contributed by atoms with Gasteiger partial charge in [0.05, 0.1) is 49.0 Å². The lowest BCUT2D eigenvalue weighted by Crippen LogP contribution is -2.45. The van der Waals surface area contributed by atoms with Crippen molar-refractivity contribution in [1.82, 2.24) is 23.9 Å². The van der Waals surface area contributed by atoms with Gasteiger partial charge in [0.1, 0.15) is 0 Å². The van der Waals surface area contributed by atoms with Gasteiger partial charge in [-0.15, -0.1) is 11.8 Å². The van der Waals surface area contributed by atoms with Crippen LogP contribution in [0.5, 0.6) is 0 Å². The summed E-state index contributed by atoms with van der Waals surface area (Å²) >= 11 is 1.15. The highest BCUT2D eigenvalue weighted by Gasteiger charge is 2.36. The van der Waals surface area contributed by atoms with E-state index in [0.29, 0.717) is 81.2 Å². The molecule has 0 spiro atoms. The fraction of sp³-hybridized carbons (Fsp3) is 0.559. The van der Waals surface area contributed by atoms with E-state index in [9.17, 15) is 31.8 Å². The van der Waals surface area contributed by atoms with E-state index in [1.807, 2.05) is 30.3 Å². The van der Waals surface area contributed by atoms with E-state index in [0.717, 1.165) is 48.4 Å². The second-order valence-electron chi connectivity index (χ2n) is 13.2. The number of hydrogen-bond donors (Lipinski definition) is 2. The van der Waals surface area contributed by atoms with Crippen LogP contribution in [0.2, 0.25) is 0 Å². The molecular formula is C34H44F3N5O5S2. The van der Waals surface area contributed by atoms with Crippen molar-refractivity contribution in [1.29, 1.82) is 0 Å². The van der Waals surface area contributed by atoms with Gasteiger partial charge in [-0.25, -0.2) is 8.42 Å². The lowest BCUT2D eigenvalue weighted by molar-refractivity contribution is -0.139. The molecule has 0 aliphatic carbocycles. The number of sulfonamides is 1. The van der Waals surface area contributed by atoms with E-state index in [-0.39, 0.29) is 24.5 Å². The van der Waals surface area contributed by atoms with Crippen molar-refractivity contribution in [2.75, 3.05) is 71.0 Å². The van der Waals surface area contributed by atoms with Crippen molar-refractivity contribution in [3.63, 3.8) is 0 Å². The number of halogens is 3.